The summed E-state index contributed by atoms with van der Waals surface area (Å²) in [5.41, 5.74) is 0. The molecule has 1 saturated heterocycles. The Balaban J connectivity index is 2.02. The minimum atomic E-state index is 0.299. The maximum atomic E-state index is 5.45. The lowest BCUT2D eigenvalue weighted by molar-refractivity contribution is -0.0451. The Morgan fingerprint density at radius 1 is 1.60 bits per heavy atom. The largest absolute Gasteiger partial charge is 0.379 e. The first-order chi connectivity index (χ1) is 4.93. The van der Waals surface area contributed by atoms with Crippen molar-refractivity contribution in [1.82, 2.24) is 0 Å². The highest BCUT2D eigenvalue weighted by molar-refractivity contribution is 6.17. The van der Waals surface area contributed by atoms with E-state index in [2.05, 4.69) is 0 Å². The zero-order valence-electron chi connectivity index (χ0n) is 6.01. The summed E-state index contributed by atoms with van der Waals surface area (Å²) in [6, 6.07) is 0. The van der Waals surface area contributed by atoms with E-state index in [0.717, 1.165) is 26.1 Å². The van der Waals surface area contributed by atoms with Gasteiger partial charge in [0.05, 0.1) is 19.3 Å². The van der Waals surface area contributed by atoms with Crippen molar-refractivity contribution in [3.05, 3.63) is 0 Å². The van der Waals surface area contributed by atoms with Crippen LogP contribution >= 0.6 is 11.6 Å². The molecule has 1 heterocycles. The predicted octanol–water partition coefficient (Wildman–Crippen LogP) is 1.42. The van der Waals surface area contributed by atoms with Crippen molar-refractivity contribution in [3.63, 3.8) is 0 Å². The summed E-state index contributed by atoms with van der Waals surface area (Å²) in [4.78, 5) is 0. The smallest absolute Gasteiger partial charge is 0.0809 e. The Labute approximate surface area is 66.5 Å². The average Bonchev–Trinajstić information content (AvgIpc) is 2.03. The van der Waals surface area contributed by atoms with E-state index in [1.54, 1.807) is 0 Å². The van der Waals surface area contributed by atoms with Crippen molar-refractivity contribution in [2.75, 3.05) is 25.7 Å². The zero-order chi connectivity index (χ0) is 7.23. The molecule has 1 atom stereocenters. The maximum Gasteiger partial charge on any atom is 0.0809 e. The molecule has 3 heteroatoms. The van der Waals surface area contributed by atoms with Gasteiger partial charge in [0.2, 0.25) is 0 Å². The summed E-state index contributed by atoms with van der Waals surface area (Å²) in [6.07, 6.45) is 2.54. The van der Waals surface area contributed by atoms with Gasteiger partial charge in [-0.15, -0.1) is 11.6 Å². The second kappa shape index (κ2) is 4.94. The van der Waals surface area contributed by atoms with Crippen LogP contribution in [0, 0.1) is 0 Å². The summed E-state index contributed by atoms with van der Waals surface area (Å²) < 4.78 is 10.6. The van der Waals surface area contributed by atoms with Crippen LogP contribution in [-0.4, -0.2) is 31.8 Å². The second-order valence-corrected chi connectivity index (χ2v) is 2.78. The summed E-state index contributed by atoms with van der Waals surface area (Å²) >= 11 is 5.45. The first-order valence-corrected chi connectivity index (χ1v) is 4.22. The van der Waals surface area contributed by atoms with E-state index in [9.17, 15) is 0 Å². The fourth-order valence-electron chi connectivity index (χ4n) is 1.05. The highest BCUT2D eigenvalue weighted by Gasteiger charge is 2.12. The van der Waals surface area contributed by atoms with Gasteiger partial charge >= 0.3 is 0 Å². The lowest BCUT2D eigenvalue weighted by atomic mass is 10.2. The van der Waals surface area contributed by atoms with E-state index in [1.165, 1.54) is 0 Å². The monoisotopic (exact) mass is 164 g/mol. The normalized spacial score (nSPS) is 26.7. The molecule has 1 fully saturated rings. The summed E-state index contributed by atoms with van der Waals surface area (Å²) in [6.45, 7) is 2.28. The molecule has 1 aliphatic heterocycles. The Hall–Kier alpha value is 0.210. The Morgan fingerprint density at radius 3 is 3.10 bits per heavy atom. The van der Waals surface area contributed by atoms with Gasteiger partial charge in [-0.05, 0) is 12.8 Å². The fraction of sp³-hybridized carbons (Fsp3) is 1.00. The van der Waals surface area contributed by atoms with Crippen molar-refractivity contribution in [2.24, 2.45) is 0 Å². The van der Waals surface area contributed by atoms with Crippen molar-refractivity contribution >= 4 is 11.6 Å². The SMILES string of the molecule is ClCCOC1CCCOC1. The van der Waals surface area contributed by atoms with E-state index in [0.29, 0.717) is 18.6 Å². The minimum absolute atomic E-state index is 0.299. The topological polar surface area (TPSA) is 18.5 Å². The minimum Gasteiger partial charge on any atom is -0.379 e. The van der Waals surface area contributed by atoms with Gasteiger partial charge in [0, 0.05) is 12.5 Å². The molecule has 0 radical (unpaired) electrons. The number of hydrogen-bond donors (Lipinski definition) is 0. The number of rotatable bonds is 3. The van der Waals surface area contributed by atoms with Crippen molar-refractivity contribution < 1.29 is 9.47 Å². The number of ether oxygens (including phenoxy) is 2. The van der Waals surface area contributed by atoms with Crippen LogP contribution in [0.2, 0.25) is 0 Å². The lowest BCUT2D eigenvalue weighted by Crippen LogP contribution is -2.26. The number of halogens is 1. The van der Waals surface area contributed by atoms with Crippen molar-refractivity contribution in [3.8, 4) is 0 Å². The first-order valence-electron chi connectivity index (χ1n) is 3.69. The molecular weight excluding hydrogens is 152 g/mol. The molecule has 0 N–H and O–H groups in total. The molecule has 0 saturated carbocycles. The van der Waals surface area contributed by atoms with Gasteiger partial charge in [-0.25, -0.2) is 0 Å². The van der Waals surface area contributed by atoms with Crippen LogP contribution in [0.3, 0.4) is 0 Å². The Kier molecular flexibility index (Phi) is 4.10. The van der Waals surface area contributed by atoms with Gasteiger partial charge in [-0.3, -0.25) is 0 Å². The molecule has 1 aliphatic rings. The molecule has 1 unspecified atom stereocenters. The third-order valence-electron chi connectivity index (χ3n) is 1.55. The summed E-state index contributed by atoms with van der Waals surface area (Å²) in [5.74, 6) is 0.580. The summed E-state index contributed by atoms with van der Waals surface area (Å²) in [7, 11) is 0. The third kappa shape index (κ3) is 2.86. The molecule has 0 spiro atoms. The molecule has 10 heavy (non-hydrogen) atoms. The van der Waals surface area contributed by atoms with Crippen LogP contribution in [0.15, 0.2) is 0 Å². The first kappa shape index (κ1) is 8.31. The molecule has 0 bridgehead atoms. The van der Waals surface area contributed by atoms with Gasteiger partial charge in [0.15, 0.2) is 0 Å². The highest BCUT2D eigenvalue weighted by atomic mass is 35.5. The van der Waals surface area contributed by atoms with Crippen molar-refractivity contribution in [1.29, 1.82) is 0 Å². The van der Waals surface area contributed by atoms with Gasteiger partial charge in [-0.2, -0.15) is 0 Å². The molecule has 1 rings (SSSR count). The van der Waals surface area contributed by atoms with Crippen LogP contribution < -0.4 is 0 Å². The fourth-order valence-corrected chi connectivity index (χ4v) is 1.14. The molecule has 0 amide bonds. The molecule has 0 aliphatic carbocycles. The molecule has 2 nitrogen and oxygen atoms in total. The molecule has 0 aromatic heterocycles. The predicted molar refractivity (Wildman–Crippen MR) is 40.5 cm³/mol. The standard InChI is InChI=1S/C7H13ClO2/c8-3-5-10-7-2-1-4-9-6-7/h7H,1-6H2. The number of alkyl halides is 1. The van der Waals surface area contributed by atoms with E-state index in [-0.39, 0.29) is 0 Å². The summed E-state index contributed by atoms with van der Waals surface area (Å²) in [5, 5.41) is 0. The second-order valence-electron chi connectivity index (χ2n) is 2.40. The maximum absolute atomic E-state index is 5.45. The molecular formula is C7H13ClO2. The van der Waals surface area contributed by atoms with Crippen LogP contribution in [0.5, 0.6) is 0 Å². The van der Waals surface area contributed by atoms with Crippen LogP contribution in [0.25, 0.3) is 0 Å². The van der Waals surface area contributed by atoms with Crippen LogP contribution in [-0.2, 0) is 9.47 Å². The van der Waals surface area contributed by atoms with E-state index >= 15 is 0 Å². The highest BCUT2D eigenvalue weighted by Crippen LogP contribution is 2.09. The van der Waals surface area contributed by atoms with Gasteiger partial charge in [-0.1, -0.05) is 0 Å². The van der Waals surface area contributed by atoms with Crippen molar-refractivity contribution in [2.45, 2.75) is 18.9 Å². The van der Waals surface area contributed by atoms with Gasteiger partial charge in [0.25, 0.3) is 0 Å². The molecule has 0 aromatic rings. The third-order valence-corrected chi connectivity index (χ3v) is 1.70. The van der Waals surface area contributed by atoms with E-state index < -0.39 is 0 Å². The zero-order valence-corrected chi connectivity index (χ0v) is 6.77. The van der Waals surface area contributed by atoms with E-state index in [4.69, 9.17) is 21.1 Å². The van der Waals surface area contributed by atoms with Gasteiger partial charge < -0.3 is 9.47 Å². The van der Waals surface area contributed by atoms with Gasteiger partial charge in [0.1, 0.15) is 0 Å². The van der Waals surface area contributed by atoms with E-state index in [1.807, 2.05) is 0 Å². The quantitative estimate of drug-likeness (QED) is 0.588. The average molecular weight is 165 g/mol. The Bertz CT molecular complexity index is 81.7. The van der Waals surface area contributed by atoms with Crippen LogP contribution in [0.4, 0.5) is 0 Å². The number of hydrogen-bond acceptors (Lipinski definition) is 2. The molecule has 60 valence electrons. The molecule has 0 aromatic carbocycles. The lowest BCUT2D eigenvalue weighted by Gasteiger charge is -2.21. The Morgan fingerprint density at radius 2 is 2.50 bits per heavy atom. The van der Waals surface area contributed by atoms with Crippen LogP contribution in [0.1, 0.15) is 12.8 Å².